The third-order valence-electron chi connectivity index (χ3n) is 6.12. The number of ether oxygens (including phenoxy) is 4. The highest BCUT2D eigenvalue weighted by atomic mass is 32.1. The van der Waals surface area contributed by atoms with Crippen molar-refractivity contribution in [2.24, 2.45) is 10.9 Å². The van der Waals surface area contributed by atoms with Gasteiger partial charge in [0.2, 0.25) is 0 Å². The molecule has 0 amide bonds. The Kier molecular flexibility index (Phi) is 12.2. The molecule has 3 aromatic rings. The molecule has 12 heteroatoms. The molecule has 0 saturated carbocycles. The fourth-order valence-electron chi connectivity index (χ4n) is 4.40. The highest BCUT2D eigenvalue weighted by Gasteiger charge is 2.34. The van der Waals surface area contributed by atoms with E-state index in [1.807, 2.05) is 52.0 Å². The Hall–Kier alpha value is -4.71. The normalized spacial score (nSPS) is 14.1. The minimum absolute atomic E-state index is 0.126. The minimum Gasteiger partial charge on any atom is -0.494 e. The van der Waals surface area contributed by atoms with Crippen LogP contribution in [0.5, 0.6) is 17.2 Å². The number of allylic oxidation sites excluding steroid dienone is 1. The first-order chi connectivity index (χ1) is 21.4. The van der Waals surface area contributed by atoms with Gasteiger partial charge >= 0.3 is 11.9 Å². The number of hydrogen-bond acceptors (Lipinski definition) is 10. The first kappa shape index (κ1) is 34.8. The Morgan fingerprint density at radius 2 is 1.67 bits per heavy atom. The van der Waals surface area contributed by atoms with Crippen LogP contribution in [0.25, 0.3) is 6.08 Å². The van der Waals surface area contributed by atoms with Gasteiger partial charge in [0.25, 0.3) is 11.5 Å². The fraction of sp³-hybridized carbons (Fsp3) is 0.364. The predicted molar refractivity (Wildman–Crippen MR) is 169 cm³/mol. The van der Waals surface area contributed by atoms with E-state index in [9.17, 15) is 14.4 Å². The molecular weight excluding hydrogens is 600 g/mol. The second-order valence-corrected chi connectivity index (χ2v) is 11.3. The van der Waals surface area contributed by atoms with Crippen LogP contribution in [0.15, 0.2) is 63.5 Å². The Morgan fingerprint density at radius 3 is 2.24 bits per heavy atom. The van der Waals surface area contributed by atoms with Crippen molar-refractivity contribution in [3.8, 4) is 17.2 Å². The van der Waals surface area contributed by atoms with E-state index in [0.29, 0.717) is 39.6 Å². The van der Waals surface area contributed by atoms with Crippen molar-refractivity contribution in [1.82, 2.24) is 4.57 Å². The zero-order valence-electron chi connectivity index (χ0n) is 26.4. The van der Waals surface area contributed by atoms with Crippen molar-refractivity contribution in [3.63, 3.8) is 0 Å². The lowest BCUT2D eigenvalue weighted by Gasteiger charge is -2.25. The molecule has 1 aromatic heterocycles. The van der Waals surface area contributed by atoms with Crippen molar-refractivity contribution in [2.45, 2.75) is 54.5 Å². The first-order valence-corrected chi connectivity index (χ1v) is 15.2. The summed E-state index contributed by atoms with van der Waals surface area (Å²) in [5.41, 5.74) is 1.83. The van der Waals surface area contributed by atoms with Crippen LogP contribution in [0.4, 0.5) is 0 Å². The molecule has 240 valence electrons. The average Bonchev–Trinajstić information content (AvgIpc) is 3.26. The topological polar surface area (TPSA) is 143 Å². The number of thiazole rings is 1. The van der Waals surface area contributed by atoms with Crippen LogP contribution in [-0.2, 0) is 19.1 Å². The van der Waals surface area contributed by atoms with Crippen LogP contribution in [0, 0.1) is 5.92 Å². The van der Waals surface area contributed by atoms with E-state index in [2.05, 4.69) is 4.99 Å². The van der Waals surface area contributed by atoms with Crippen molar-refractivity contribution < 1.29 is 38.4 Å². The summed E-state index contributed by atoms with van der Waals surface area (Å²) in [6.07, 6.45) is 1.79. The van der Waals surface area contributed by atoms with Crippen molar-refractivity contribution in [3.05, 3.63) is 84.5 Å². The zero-order valence-corrected chi connectivity index (χ0v) is 27.2. The molecule has 0 bridgehead atoms. The minimum atomic E-state index is -0.834. The molecule has 1 aliphatic rings. The molecule has 0 saturated heterocycles. The number of benzene rings is 2. The average molecular weight is 639 g/mol. The molecular formula is C33H38N2O9S. The molecule has 1 N–H and O–H groups in total. The van der Waals surface area contributed by atoms with Crippen molar-refractivity contribution in [2.75, 3.05) is 19.8 Å². The Bertz CT molecular complexity index is 1750. The second-order valence-electron chi connectivity index (χ2n) is 10.3. The molecule has 1 atom stereocenters. The zero-order chi connectivity index (χ0) is 33.3. The summed E-state index contributed by atoms with van der Waals surface area (Å²) in [6.45, 7) is 12.9. The second kappa shape index (κ2) is 15.8. The van der Waals surface area contributed by atoms with Gasteiger partial charge in [-0.1, -0.05) is 43.4 Å². The highest BCUT2D eigenvalue weighted by molar-refractivity contribution is 7.07. The summed E-state index contributed by atoms with van der Waals surface area (Å²) in [5.74, 6) is -0.436. The van der Waals surface area contributed by atoms with Gasteiger partial charge in [-0.05, 0) is 68.2 Å². The molecule has 45 heavy (non-hydrogen) atoms. The molecule has 2 heterocycles. The number of carbonyl (C=O) groups is 3. The van der Waals surface area contributed by atoms with Gasteiger partial charge in [0.1, 0.15) is 5.75 Å². The van der Waals surface area contributed by atoms with Crippen molar-refractivity contribution in [1.29, 1.82) is 0 Å². The van der Waals surface area contributed by atoms with Gasteiger partial charge in [-0.25, -0.2) is 9.79 Å². The molecule has 0 aliphatic carbocycles. The van der Waals surface area contributed by atoms with Crippen LogP contribution in [0.1, 0.15) is 65.6 Å². The number of aliphatic carboxylic acids is 1. The summed E-state index contributed by atoms with van der Waals surface area (Å²) in [7, 11) is 0. The summed E-state index contributed by atoms with van der Waals surface area (Å²) in [5, 5.41) is 7.42. The van der Waals surface area contributed by atoms with Crippen LogP contribution >= 0.6 is 11.3 Å². The molecule has 0 spiro atoms. The van der Waals surface area contributed by atoms with E-state index in [1.54, 1.807) is 31.2 Å². The standard InChI is InChI=1S/C31H34N2O7S.C2H4O2/c1-7-37-23-12-9-21(10-13-23)15-26-29(35)33-28(22-11-14-24(40-20(6)34)25(16-22)38-8-2)27(19(5)32-31(33)41-26)30(36)39-17-18(3)4;1-2(3)4/h9-16,18,28H,7-8,17H2,1-6H3;1H3,(H,3,4)/b26-15+;. The van der Waals surface area contributed by atoms with Gasteiger partial charge in [-0.15, -0.1) is 0 Å². The number of hydrogen-bond donors (Lipinski definition) is 1. The van der Waals surface area contributed by atoms with E-state index in [4.69, 9.17) is 28.8 Å². The van der Waals surface area contributed by atoms with Gasteiger partial charge in [-0.2, -0.15) is 0 Å². The van der Waals surface area contributed by atoms with Crippen molar-refractivity contribution >= 4 is 35.3 Å². The molecule has 1 aliphatic heterocycles. The maximum Gasteiger partial charge on any atom is 0.338 e. The molecule has 2 aromatic carbocycles. The number of carboxylic acids is 1. The largest absolute Gasteiger partial charge is 0.494 e. The van der Waals surface area contributed by atoms with E-state index in [-0.39, 0.29) is 29.4 Å². The lowest BCUT2D eigenvalue weighted by molar-refractivity contribution is -0.140. The van der Waals surface area contributed by atoms with Gasteiger partial charge < -0.3 is 24.1 Å². The van der Waals surface area contributed by atoms with E-state index >= 15 is 0 Å². The lowest BCUT2D eigenvalue weighted by atomic mass is 9.95. The number of carboxylic acid groups (broad SMARTS) is 1. The van der Waals surface area contributed by atoms with Crippen LogP contribution < -0.4 is 29.1 Å². The highest BCUT2D eigenvalue weighted by Crippen LogP contribution is 2.36. The van der Waals surface area contributed by atoms with Gasteiger partial charge in [0.15, 0.2) is 16.3 Å². The third kappa shape index (κ3) is 9.15. The summed E-state index contributed by atoms with van der Waals surface area (Å²) < 4.78 is 24.2. The number of nitrogens with zero attached hydrogens (tertiary/aromatic N) is 2. The Morgan fingerprint density at radius 1 is 1.02 bits per heavy atom. The van der Waals surface area contributed by atoms with E-state index in [0.717, 1.165) is 18.2 Å². The molecule has 0 radical (unpaired) electrons. The smallest absolute Gasteiger partial charge is 0.338 e. The van der Waals surface area contributed by atoms with Crippen LogP contribution in [-0.4, -0.2) is 47.4 Å². The quantitative estimate of drug-likeness (QED) is 0.255. The van der Waals surface area contributed by atoms with E-state index in [1.165, 1.54) is 22.8 Å². The van der Waals surface area contributed by atoms with Crippen LogP contribution in [0.3, 0.4) is 0 Å². The first-order valence-electron chi connectivity index (χ1n) is 14.4. The molecule has 1 unspecified atom stereocenters. The van der Waals surface area contributed by atoms with Gasteiger partial charge in [-0.3, -0.25) is 19.0 Å². The number of fused-ring (bicyclic) bond motifs is 1. The number of carbonyl (C=O) groups excluding carboxylic acids is 2. The third-order valence-corrected chi connectivity index (χ3v) is 7.10. The molecule has 4 rings (SSSR count). The number of esters is 2. The number of aromatic nitrogens is 1. The monoisotopic (exact) mass is 638 g/mol. The predicted octanol–water partition coefficient (Wildman–Crippen LogP) is 4.25. The van der Waals surface area contributed by atoms with Gasteiger partial charge in [0.05, 0.1) is 41.7 Å². The lowest BCUT2D eigenvalue weighted by Crippen LogP contribution is -2.40. The van der Waals surface area contributed by atoms with E-state index < -0.39 is 23.9 Å². The summed E-state index contributed by atoms with van der Waals surface area (Å²) in [6, 6.07) is 11.6. The molecule has 0 fully saturated rings. The Balaban J connectivity index is 0.00000130. The summed E-state index contributed by atoms with van der Waals surface area (Å²) in [4.78, 5) is 53.1. The molecule has 11 nitrogen and oxygen atoms in total. The fourth-order valence-corrected chi connectivity index (χ4v) is 5.45. The van der Waals surface area contributed by atoms with Gasteiger partial charge in [0, 0.05) is 13.8 Å². The maximum atomic E-state index is 13.9. The summed E-state index contributed by atoms with van der Waals surface area (Å²) >= 11 is 1.24. The SMILES string of the molecule is CC(=O)O.CCOc1ccc(/C=c2/sc3n(c2=O)C(c2ccc(OC(C)=O)c(OCC)c2)C(C(=O)OCC(C)C)=C(C)N=3)cc1. The maximum absolute atomic E-state index is 13.9. The number of rotatable bonds is 10. The van der Waals surface area contributed by atoms with Crippen LogP contribution in [0.2, 0.25) is 0 Å². The Labute approximate surface area is 265 Å².